The Hall–Kier alpha value is -7.02. The second-order valence-corrected chi connectivity index (χ2v) is 16.3. The molecule has 0 atom stereocenters. The van der Waals surface area contributed by atoms with Crippen LogP contribution < -0.4 is 0 Å². The Morgan fingerprint density at radius 1 is 0.281 bits per heavy atom. The van der Waals surface area contributed by atoms with E-state index < -0.39 is 0 Å². The predicted molar refractivity (Wildman–Crippen MR) is 245 cm³/mol. The highest BCUT2D eigenvalue weighted by atomic mass is 14.4. The molecule has 0 aliphatic heterocycles. The zero-order valence-corrected chi connectivity index (χ0v) is 32.0. The maximum Gasteiger partial charge on any atom is 0.0165 e. The zero-order chi connectivity index (χ0) is 37.8. The third-order valence-electron chi connectivity index (χ3n) is 13.0. The molecule has 0 heterocycles. The van der Waals surface area contributed by atoms with Crippen molar-refractivity contribution in [1.29, 1.82) is 0 Å². The molecule has 0 unspecified atom stereocenters. The minimum atomic E-state index is -0.184. The van der Waals surface area contributed by atoms with Crippen molar-refractivity contribution in [2.75, 3.05) is 0 Å². The lowest BCUT2D eigenvalue weighted by Crippen LogP contribution is -2.16. The normalized spacial score (nSPS) is 13.2. The number of hydrogen-bond donors (Lipinski definition) is 0. The van der Waals surface area contributed by atoms with E-state index in [1.807, 2.05) is 0 Å². The second-order valence-electron chi connectivity index (χ2n) is 16.3. The fourth-order valence-electron chi connectivity index (χ4n) is 10.6. The van der Waals surface area contributed by atoms with E-state index in [4.69, 9.17) is 0 Å². The third-order valence-corrected chi connectivity index (χ3v) is 13.0. The van der Waals surface area contributed by atoms with Gasteiger partial charge in [-0.3, -0.25) is 0 Å². The average molecular weight is 723 g/mol. The van der Waals surface area contributed by atoms with Crippen LogP contribution in [0.2, 0.25) is 0 Å². The summed E-state index contributed by atoms with van der Waals surface area (Å²) in [6, 6.07) is 72.4. The number of hydrogen-bond acceptors (Lipinski definition) is 0. The maximum atomic E-state index is 2.51. The standard InChI is InChI=1S/C57H38/c1-57(2)51-34-50(41-21-6-8-22-43(41)54(51)55-44-23-9-5-19-39(44)40-20-7-14-28-49(40)56(55)57)36-30-32-37(33-31-36)52-45-24-10-12-26-47(45)53(48-27-13-11-25-46(48)52)42-29-15-17-35-16-3-4-18-38(35)42/h3-34H,1-2H3. The van der Waals surface area contributed by atoms with E-state index in [0.717, 1.165) is 0 Å². The van der Waals surface area contributed by atoms with Crippen LogP contribution in [0, 0.1) is 0 Å². The van der Waals surface area contributed by atoms with Crippen molar-refractivity contribution in [3.8, 4) is 44.5 Å². The van der Waals surface area contributed by atoms with Gasteiger partial charge >= 0.3 is 0 Å². The fourth-order valence-corrected chi connectivity index (χ4v) is 10.6. The number of rotatable bonds is 3. The molecule has 266 valence electrons. The lowest BCUT2D eigenvalue weighted by molar-refractivity contribution is 0.667. The van der Waals surface area contributed by atoms with E-state index in [1.165, 1.54) is 120 Å². The van der Waals surface area contributed by atoms with Crippen molar-refractivity contribution in [3.05, 3.63) is 205 Å². The van der Waals surface area contributed by atoms with Gasteiger partial charge < -0.3 is 0 Å². The van der Waals surface area contributed by atoms with Crippen LogP contribution >= 0.6 is 0 Å². The van der Waals surface area contributed by atoms with Crippen LogP contribution in [0.1, 0.15) is 25.0 Å². The van der Waals surface area contributed by atoms with Crippen molar-refractivity contribution in [3.63, 3.8) is 0 Å². The van der Waals surface area contributed by atoms with Crippen molar-refractivity contribution < 1.29 is 0 Å². The number of benzene rings is 11. The molecule has 0 N–H and O–H groups in total. The van der Waals surface area contributed by atoms with E-state index >= 15 is 0 Å². The molecule has 57 heavy (non-hydrogen) atoms. The summed E-state index contributed by atoms with van der Waals surface area (Å²) in [6.07, 6.45) is 0. The lowest BCUT2D eigenvalue weighted by Gasteiger charge is -2.25. The molecule has 0 saturated carbocycles. The van der Waals surface area contributed by atoms with Crippen LogP contribution in [0.3, 0.4) is 0 Å². The first-order chi connectivity index (χ1) is 28.1. The Morgan fingerprint density at radius 2 is 0.702 bits per heavy atom. The van der Waals surface area contributed by atoms with Gasteiger partial charge in [0.25, 0.3) is 0 Å². The summed E-state index contributed by atoms with van der Waals surface area (Å²) >= 11 is 0. The molecule has 0 saturated heterocycles. The monoisotopic (exact) mass is 722 g/mol. The Balaban J connectivity index is 1.07. The highest BCUT2D eigenvalue weighted by Gasteiger charge is 2.40. The van der Waals surface area contributed by atoms with Crippen molar-refractivity contribution in [1.82, 2.24) is 0 Å². The summed E-state index contributed by atoms with van der Waals surface area (Å²) in [4.78, 5) is 0. The Morgan fingerprint density at radius 3 is 1.32 bits per heavy atom. The van der Waals surface area contributed by atoms with Gasteiger partial charge in [-0.15, -0.1) is 0 Å². The van der Waals surface area contributed by atoms with Crippen molar-refractivity contribution >= 4 is 64.6 Å². The van der Waals surface area contributed by atoms with Gasteiger partial charge in [0.05, 0.1) is 0 Å². The Labute approximate surface area is 332 Å². The molecule has 0 amide bonds. The van der Waals surface area contributed by atoms with Gasteiger partial charge in [-0.1, -0.05) is 202 Å². The molecular formula is C57H38. The smallest absolute Gasteiger partial charge is 0.0165 e. The SMILES string of the molecule is CC1(C)c2cc(-c3ccc(-c4c5ccccc5c(-c5cccc6ccccc56)c5ccccc45)cc3)c3ccccc3c2-c2c1c1ccccc1c1ccccc21. The van der Waals surface area contributed by atoms with Crippen LogP contribution in [0.5, 0.6) is 0 Å². The van der Waals surface area contributed by atoms with Crippen LogP contribution in [-0.4, -0.2) is 0 Å². The van der Waals surface area contributed by atoms with Gasteiger partial charge in [0, 0.05) is 5.41 Å². The molecule has 0 bridgehead atoms. The summed E-state index contributed by atoms with van der Waals surface area (Å²) < 4.78 is 0. The fraction of sp³-hybridized carbons (Fsp3) is 0.0526. The van der Waals surface area contributed by atoms with E-state index in [2.05, 4.69) is 208 Å². The Bertz CT molecular complexity index is 3410. The second kappa shape index (κ2) is 12.0. The molecule has 11 aromatic carbocycles. The van der Waals surface area contributed by atoms with Gasteiger partial charge in [-0.2, -0.15) is 0 Å². The first-order valence-corrected chi connectivity index (χ1v) is 20.1. The van der Waals surface area contributed by atoms with E-state index in [1.54, 1.807) is 0 Å². The largest absolute Gasteiger partial charge is 0.0616 e. The van der Waals surface area contributed by atoms with Crippen LogP contribution in [0.4, 0.5) is 0 Å². The van der Waals surface area contributed by atoms with Gasteiger partial charge in [-0.25, -0.2) is 0 Å². The van der Waals surface area contributed by atoms with Gasteiger partial charge in [-0.05, 0) is 126 Å². The van der Waals surface area contributed by atoms with Crippen LogP contribution in [0.15, 0.2) is 194 Å². The minimum absolute atomic E-state index is 0.184. The lowest BCUT2D eigenvalue weighted by atomic mass is 9.78. The molecule has 0 heteroatoms. The van der Waals surface area contributed by atoms with Gasteiger partial charge in [0.2, 0.25) is 0 Å². The summed E-state index contributed by atoms with van der Waals surface area (Å²) in [5.74, 6) is 0. The molecule has 1 aliphatic carbocycles. The highest BCUT2D eigenvalue weighted by molar-refractivity contribution is 6.24. The molecule has 0 nitrogen and oxygen atoms in total. The summed E-state index contributed by atoms with van der Waals surface area (Å²) in [5.41, 5.74) is 13.0. The van der Waals surface area contributed by atoms with Gasteiger partial charge in [0.15, 0.2) is 0 Å². The number of fused-ring (bicyclic) bond motifs is 13. The molecular weight excluding hydrogens is 685 g/mol. The Kier molecular flexibility index (Phi) is 6.78. The highest BCUT2D eigenvalue weighted by Crippen LogP contribution is 2.58. The quantitative estimate of drug-likeness (QED) is 0.126. The maximum absolute atomic E-state index is 2.51. The average Bonchev–Trinajstić information content (AvgIpc) is 3.52. The van der Waals surface area contributed by atoms with Crippen molar-refractivity contribution in [2.45, 2.75) is 19.3 Å². The van der Waals surface area contributed by atoms with E-state index in [-0.39, 0.29) is 5.41 Å². The first-order valence-electron chi connectivity index (χ1n) is 20.1. The molecule has 0 fully saturated rings. The van der Waals surface area contributed by atoms with Crippen LogP contribution in [-0.2, 0) is 5.41 Å². The van der Waals surface area contributed by atoms with Gasteiger partial charge in [0.1, 0.15) is 0 Å². The first kappa shape index (κ1) is 32.2. The third kappa shape index (κ3) is 4.50. The molecule has 0 aromatic heterocycles. The summed E-state index contributed by atoms with van der Waals surface area (Å²) in [5, 5.41) is 15.6. The molecule has 1 aliphatic rings. The molecule has 0 radical (unpaired) electrons. The molecule has 12 rings (SSSR count). The molecule has 0 spiro atoms. The predicted octanol–water partition coefficient (Wildman–Crippen LogP) is 15.9. The van der Waals surface area contributed by atoms with Crippen LogP contribution in [0.25, 0.3) is 109 Å². The summed E-state index contributed by atoms with van der Waals surface area (Å²) in [6.45, 7) is 4.86. The summed E-state index contributed by atoms with van der Waals surface area (Å²) in [7, 11) is 0. The van der Waals surface area contributed by atoms with E-state index in [0.29, 0.717) is 0 Å². The zero-order valence-electron chi connectivity index (χ0n) is 32.0. The van der Waals surface area contributed by atoms with Crippen molar-refractivity contribution in [2.24, 2.45) is 0 Å². The topological polar surface area (TPSA) is 0 Å². The minimum Gasteiger partial charge on any atom is -0.0616 e. The molecule has 11 aromatic rings. The van der Waals surface area contributed by atoms with E-state index in [9.17, 15) is 0 Å².